The van der Waals surface area contributed by atoms with E-state index < -0.39 is 12.8 Å². The molecule has 1 saturated heterocycles. The molecule has 0 radical (unpaired) electrons. The van der Waals surface area contributed by atoms with Gasteiger partial charge in [0, 0.05) is 37.3 Å². The van der Waals surface area contributed by atoms with Crippen LogP contribution in [0.1, 0.15) is 11.1 Å². The number of benzene rings is 1. The van der Waals surface area contributed by atoms with Crippen molar-refractivity contribution in [1.82, 2.24) is 9.47 Å². The molecule has 2 N–H and O–H groups in total. The van der Waals surface area contributed by atoms with Gasteiger partial charge in [-0.05, 0) is 25.0 Å². The smallest absolute Gasteiger partial charge is 0.422 e. The van der Waals surface area contributed by atoms with E-state index in [1.807, 2.05) is 22.0 Å². The van der Waals surface area contributed by atoms with Gasteiger partial charge < -0.3 is 19.8 Å². The van der Waals surface area contributed by atoms with Crippen molar-refractivity contribution in [3.8, 4) is 17.5 Å². The maximum absolute atomic E-state index is 12.6. The minimum absolute atomic E-state index is 0.0690. The Morgan fingerprint density at radius 3 is 2.15 bits per heavy atom. The number of rotatable bonds is 7. The van der Waals surface area contributed by atoms with Crippen LogP contribution < -0.4 is 9.64 Å². The number of para-hydroxylation sites is 2. The van der Waals surface area contributed by atoms with Gasteiger partial charge in [-0.15, -0.1) is 0 Å². The molecule has 1 aliphatic heterocycles. The number of allylic oxidation sites excluding steroid dienone is 2. The highest BCUT2D eigenvalue weighted by atomic mass is 19.4. The lowest BCUT2D eigenvalue weighted by atomic mass is 10.0. The molecule has 0 unspecified atom stereocenters. The molecule has 33 heavy (non-hydrogen) atoms. The highest BCUT2D eigenvalue weighted by Gasteiger charge is 2.30. The Kier molecular flexibility index (Phi) is 6.55. The first-order valence-electron chi connectivity index (χ1n) is 10.8. The molecule has 178 valence electrons. The molecule has 1 fully saturated rings. The Balaban J connectivity index is 1.33. The van der Waals surface area contributed by atoms with Crippen molar-refractivity contribution < 1.29 is 32.9 Å². The number of hydrogen-bond donors (Lipinski definition) is 2. The molecule has 10 heteroatoms. The average molecular weight is 465 g/mol. The molecule has 2 aromatic rings. The standard InChI is InChI=1S/C23H26F3N3O4/c24-23(25,26)15-33-20-8-4-3-7-19(20)28-11-9-27(10-12-28)13-16(30)14-29-21(31)17-5-1-2-6-18(17)22(29)32/h1-4,7-8,31-32H,5-6,9-15H2. The molecule has 0 spiro atoms. The van der Waals surface area contributed by atoms with E-state index in [0.29, 0.717) is 55.8 Å². The van der Waals surface area contributed by atoms with Crippen molar-refractivity contribution in [2.45, 2.75) is 25.6 Å². The van der Waals surface area contributed by atoms with E-state index in [1.54, 1.807) is 18.2 Å². The molecule has 1 aromatic heterocycles. The monoisotopic (exact) mass is 465 g/mol. The largest absolute Gasteiger partial charge is 0.494 e. The van der Waals surface area contributed by atoms with Crippen LogP contribution in [-0.4, -0.2) is 71.0 Å². The van der Waals surface area contributed by atoms with E-state index in [1.165, 1.54) is 10.6 Å². The lowest BCUT2D eigenvalue weighted by molar-refractivity contribution is -0.153. The molecule has 2 aliphatic rings. The van der Waals surface area contributed by atoms with Gasteiger partial charge in [0.15, 0.2) is 24.2 Å². The molecule has 0 atom stereocenters. The lowest BCUT2D eigenvalue weighted by Crippen LogP contribution is -2.48. The SMILES string of the molecule is O=C(CN1CCN(c2ccccc2OCC(F)(F)F)CC1)Cn1c(O)c2c(c1O)CC=CC2. The fourth-order valence-corrected chi connectivity index (χ4v) is 4.30. The first-order chi connectivity index (χ1) is 15.7. The van der Waals surface area contributed by atoms with Crippen molar-refractivity contribution in [3.05, 3.63) is 47.5 Å². The zero-order valence-corrected chi connectivity index (χ0v) is 18.0. The summed E-state index contributed by atoms with van der Waals surface area (Å²) >= 11 is 0. The summed E-state index contributed by atoms with van der Waals surface area (Å²) in [4.78, 5) is 16.5. The molecule has 0 bridgehead atoms. The molecule has 0 amide bonds. The second-order valence-electron chi connectivity index (χ2n) is 8.24. The van der Waals surface area contributed by atoms with Crippen LogP contribution in [0.4, 0.5) is 18.9 Å². The van der Waals surface area contributed by atoms with E-state index in [0.717, 1.165) is 0 Å². The number of aromatic nitrogens is 1. The number of carbonyl (C=O) groups is 1. The molecule has 1 aliphatic carbocycles. The molecule has 1 aromatic carbocycles. The lowest BCUT2D eigenvalue weighted by Gasteiger charge is -2.36. The summed E-state index contributed by atoms with van der Waals surface area (Å²) < 4.78 is 43.9. The predicted molar refractivity (Wildman–Crippen MR) is 116 cm³/mol. The minimum Gasteiger partial charge on any atom is -0.494 e. The third-order valence-electron chi connectivity index (χ3n) is 5.93. The highest BCUT2D eigenvalue weighted by Crippen LogP contribution is 2.36. The predicted octanol–water partition coefficient (Wildman–Crippen LogP) is 2.89. The minimum atomic E-state index is -4.41. The summed E-state index contributed by atoms with van der Waals surface area (Å²) in [7, 11) is 0. The fraction of sp³-hybridized carbons (Fsp3) is 0.435. The Bertz CT molecular complexity index is 1010. The van der Waals surface area contributed by atoms with Crippen LogP contribution in [-0.2, 0) is 24.2 Å². The van der Waals surface area contributed by atoms with Crippen molar-refractivity contribution in [1.29, 1.82) is 0 Å². The molecule has 7 nitrogen and oxygen atoms in total. The van der Waals surface area contributed by atoms with Gasteiger partial charge in [-0.25, -0.2) is 0 Å². The first-order valence-corrected chi connectivity index (χ1v) is 10.8. The first kappa shape index (κ1) is 23.0. The number of aromatic hydroxyl groups is 2. The molecular weight excluding hydrogens is 439 g/mol. The van der Waals surface area contributed by atoms with Gasteiger partial charge in [-0.2, -0.15) is 13.2 Å². The van der Waals surface area contributed by atoms with E-state index >= 15 is 0 Å². The summed E-state index contributed by atoms with van der Waals surface area (Å²) in [6, 6.07) is 6.61. The number of Topliss-reactive ketones (excluding diaryl/α,β-unsaturated/α-hetero) is 1. The van der Waals surface area contributed by atoms with Crippen LogP contribution >= 0.6 is 0 Å². The van der Waals surface area contributed by atoms with Crippen molar-refractivity contribution in [2.75, 3.05) is 44.2 Å². The van der Waals surface area contributed by atoms with Crippen LogP contribution in [0.2, 0.25) is 0 Å². The van der Waals surface area contributed by atoms with Crippen LogP contribution in [0.25, 0.3) is 0 Å². The van der Waals surface area contributed by atoms with Gasteiger partial charge in [0.1, 0.15) is 5.75 Å². The Labute approximate surface area is 189 Å². The second kappa shape index (κ2) is 9.38. The summed E-state index contributed by atoms with van der Waals surface area (Å²) in [6.07, 6.45) is 0.460. The summed E-state index contributed by atoms with van der Waals surface area (Å²) in [5, 5.41) is 20.8. The number of ketones is 1. The third kappa shape index (κ3) is 5.27. The number of fused-ring (bicyclic) bond motifs is 1. The second-order valence-corrected chi connectivity index (χ2v) is 8.24. The maximum Gasteiger partial charge on any atom is 0.422 e. The van der Waals surface area contributed by atoms with Gasteiger partial charge in [0.05, 0.1) is 18.8 Å². The van der Waals surface area contributed by atoms with E-state index in [9.17, 15) is 28.2 Å². The number of anilines is 1. The number of alkyl halides is 3. The normalized spacial score (nSPS) is 16.6. The number of nitrogens with zero attached hydrogens (tertiary/aromatic N) is 3. The van der Waals surface area contributed by atoms with Crippen LogP contribution in [0, 0.1) is 0 Å². The number of carbonyl (C=O) groups excluding carboxylic acids is 1. The van der Waals surface area contributed by atoms with Gasteiger partial charge in [0.2, 0.25) is 0 Å². The Hall–Kier alpha value is -3.14. The summed E-state index contributed by atoms with van der Waals surface area (Å²) in [6.45, 7) is 0.822. The summed E-state index contributed by atoms with van der Waals surface area (Å²) in [5.74, 6) is -0.111. The number of halogens is 3. The Morgan fingerprint density at radius 2 is 1.55 bits per heavy atom. The van der Waals surface area contributed by atoms with E-state index in [4.69, 9.17) is 4.74 Å². The van der Waals surface area contributed by atoms with Crippen LogP contribution in [0.3, 0.4) is 0 Å². The number of piperazine rings is 1. The maximum atomic E-state index is 12.6. The molecule has 0 saturated carbocycles. The van der Waals surface area contributed by atoms with Gasteiger partial charge in [-0.3, -0.25) is 14.3 Å². The average Bonchev–Trinajstić information content (AvgIpc) is 3.03. The zero-order valence-electron chi connectivity index (χ0n) is 18.0. The van der Waals surface area contributed by atoms with E-state index in [2.05, 4.69) is 0 Å². The van der Waals surface area contributed by atoms with Gasteiger partial charge in [0.25, 0.3) is 0 Å². The highest BCUT2D eigenvalue weighted by molar-refractivity contribution is 5.81. The van der Waals surface area contributed by atoms with Crippen molar-refractivity contribution in [2.24, 2.45) is 0 Å². The third-order valence-corrected chi connectivity index (χ3v) is 5.93. The van der Waals surface area contributed by atoms with Crippen LogP contribution in [0.15, 0.2) is 36.4 Å². The van der Waals surface area contributed by atoms with Gasteiger partial charge >= 0.3 is 6.18 Å². The number of ether oxygens (including phenoxy) is 1. The van der Waals surface area contributed by atoms with Crippen LogP contribution in [0.5, 0.6) is 17.5 Å². The topological polar surface area (TPSA) is 78.2 Å². The summed E-state index contributed by atoms with van der Waals surface area (Å²) in [5.41, 5.74) is 1.90. The zero-order chi connectivity index (χ0) is 23.6. The van der Waals surface area contributed by atoms with E-state index in [-0.39, 0.29) is 36.4 Å². The molecular formula is C23H26F3N3O4. The Morgan fingerprint density at radius 1 is 0.939 bits per heavy atom. The molecule has 2 heterocycles. The van der Waals surface area contributed by atoms with Gasteiger partial charge in [-0.1, -0.05) is 24.3 Å². The van der Waals surface area contributed by atoms with Crippen molar-refractivity contribution >= 4 is 11.5 Å². The molecule has 4 rings (SSSR count). The number of hydrogen-bond acceptors (Lipinski definition) is 6. The van der Waals surface area contributed by atoms with Crippen molar-refractivity contribution in [3.63, 3.8) is 0 Å². The quantitative estimate of drug-likeness (QED) is 0.613. The fourth-order valence-electron chi connectivity index (χ4n) is 4.30.